The van der Waals surface area contributed by atoms with Gasteiger partial charge in [-0.15, -0.1) is 0 Å². The Balaban J connectivity index is 2.43. The van der Waals surface area contributed by atoms with Crippen molar-refractivity contribution in [2.45, 2.75) is 19.5 Å². The Labute approximate surface area is 145 Å². The topological polar surface area (TPSA) is 83.9 Å². The van der Waals surface area contributed by atoms with Crippen LogP contribution < -0.4 is 5.32 Å². The van der Waals surface area contributed by atoms with E-state index in [4.69, 9.17) is 12.2 Å². The number of anilines is 1. The molecule has 0 fully saturated rings. The van der Waals surface area contributed by atoms with Gasteiger partial charge in [0.25, 0.3) is 0 Å². The van der Waals surface area contributed by atoms with Crippen LogP contribution in [0, 0.1) is 26.1 Å². The van der Waals surface area contributed by atoms with Crippen LogP contribution in [0.3, 0.4) is 0 Å². The molecule has 0 aliphatic carbocycles. The largest absolute Gasteiger partial charge is 0.361 e. The zero-order valence-electron chi connectivity index (χ0n) is 12.0. The summed E-state index contributed by atoms with van der Waals surface area (Å²) in [6, 6.07) is 9.09. The molecule has 0 bridgehead atoms. The van der Waals surface area contributed by atoms with Gasteiger partial charge in [0.15, 0.2) is 5.82 Å². The Morgan fingerprint density at radius 3 is 2.70 bits per heavy atom. The van der Waals surface area contributed by atoms with Gasteiger partial charge >= 0.3 is 5.69 Å². The number of rotatable bonds is 2. The monoisotopic (exact) mass is 390 g/mol. The minimum Gasteiger partial charge on any atom is -0.361 e. The summed E-state index contributed by atoms with van der Waals surface area (Å²) in [5.74, 6) is 0.365. The highest BCUT2D eigenvalue weighted by atomic mass is 79.9. The van der Waals surface area contributed by atoms with Gasteiger partial charge in [0.2, 0.25) is 0 Å². The maximum absolute atomic E-state index is 11.7. The summed E-state index contributed by atoms with van der Waals surface area (Å²) in [5.41, 5.74) is 0.908. The minimum absolute atomic E-state index is 0.0158. The molecule has 2 aromatic rings. The van der Waals surface area contributed by atoms with E-state index in [1.165, 1.54) is 0 Å². The Morgan fingerprint density at radius 1 is 1.48 bits per heavy atom. The lowest BCUT2D eigenvalue weighted by Gasteiger charge is -2.12. The number of hydrogen-bond acceptors (Lipinski definition) is 5. The molecule has 0 saturated heterocycles. The number of hydrogen-bond donors (Lipinski definition) is 1. The molecular weight excluding hydrogens is 380 g/mol. The molecule has 1 atom stereocenters. The molecular formula is C15H11BrN4O2S. The van der Waals surface area contributed by atoms with Crippen LogP contribution in [0.5, 0.6) is 0 Å². The van der Waals surface area contributed by atoms with Gasteiger partial charge in [0.05, 0.1) is 10.5 Å². The zero-order chi connectivity index (χ0) is 16.7. The lowest BCUT2D eigenvalue weighted by Crippen LogP contribution is -2.09. The van der Waals surface area contributed by atoms with Crippen LogP contribution in [0.15, 0.2) is 28.7 Å². The van der Waals surface area contributed by atoms with Crippen molar-refractivity contribution in [3.8, 4) is 17.2 Å². The van der Waals surface area contributed by atoms with Gasteiger partial charge < -0.3 is 9.88 Å². The van der Waals surface area contributed by atoms with Crippen LogP contribution in [0.1, 0.15) is 12.5 Å². The Hall–Kier alpha value is -2.24. The van der Waals surface area contributed by atoms with Crippen molar-refractivity contribution < 1.29 is 4.92 Å². The summed E-state index contributed by atoms with van der Waals surface area (Å²) in [6.07, 6.45) is 0. The second-order valence-corrected chi connectivity index (χ2v) is 6.59. The lowest BCUT2D eigenvalue weighted by atomic mass is 10.00. The predicted octanol–water partition coefficient (Wildman–Crippen LogP) is 4.24. The van der Waals surface area contributed by atoms with Gasteiger partial charge in [-0.25, -0.2) is 0 Å². The number of halogens is 1. The van der Waals surface area contributed by atoms with E-state index >= 15 is 0 Å². The number of pyridine rings is 1. The highest BCUT2D eigenvalue weighted by Crippen LogP contribution is 2.42. The average Bonchev–Trinajstić information content (AvgIpc) is 2.89. The van der Waals surface area contributed by atoms with E-state index in [1.807, 2.05) is 13.0 Å². The SMILES string of the molecule is CC1Cn2c(c([N+](=O)[O-])c(-c3ccc(Br)cc3)c(C#N)c2=S)N1. The number of benzene rings is 1. The lowest BCUT2D eigenvalue weighted by molar-refractivity contribution is -0.383. The molecule has 23 heavy (non-hydrogen) atoms. The molecule has 0 spiro atoms. The molecule has 0 radical (unpaired) electrons. The molecule has 2 heterocycles. The molecule has 1 aromatic heterocycles. The third-order valence-electron chi connectivity index (χ3n) is 3.71. The third-order valence-corrected chi connectivity index (χ3v) is 4.66. The first-order valence-corrected chi connectivity index (χ1v) is 8.02. The van der Waals surface area contributed by atoms with E-state index in [0.717, 1.165) is 4.47 Å². The number of fused-ring (bicyclic) bond motifs is 1. The van der Waals surface area contributed by atoms with Gasteiger partial charge in [-0.2, -0.15) is 5.26 Å². The standard InChI is InChI=1S/C15H11BrN4O2S/c1-8-7-19-14(18-8)13(20(21)22)12(11(6-17)15(19)23)9-2-4-10(16)5-3-9/h2-5,8,18H,7H2,1H3. The predicted molar refractivity (Wildman–Crippen MR) is 92.9 cm³/mol. The number of nitro groups is 1. The number of nitrogens with zero attached hydrogens (tertiary/aromatic N) is 3. The molecule has 1 aromatic carbocycles. The Bertz CT molecular complexity index is 915. The second kappa shape index (κ2) is 5.76. The van der Waals surface area contributed by atoms with Crippen molar-refractivity contribution in [2.24, 2.45) is 0 Å². The summed E-state index contributed by atoms with van der Waals surface area (Å²) in [7, 11) is 0. The molecule has 116 valence electrons. The molecule has 1 N–H and O–H groups in total. The van der Waals surface area contributed by atoms with Crippen molar-refractivity contribution >= 4 is 39.7 Å². The molecule has 1 aliphatic rings. The average molecular weight is 391 g/mol. The summed E-state index contributed by atoms with van der Waals surface area (Å²) in [5, 5.41) is 24.3. The first kappa shape index (κ1) is 15.6. The number of nitrogens with one attached hydrogen (secondary N) is 1. The van der Waals surface area contributed by atoms with E-state index in [9.17, 15) is 15.4 Å². The van der Waals surface area contributed by atoms with Crippen molar-refractivity contribution in [3.63, 3.8) is 0 Å². The van der Waals surface area contributed by atoms with Gasteiger partial charge in [-0.05, 0) is 24.6 Å². The number of nitriles is 1. The fourth-order valence-corrected chi connectivity index (χ4v) is 3.34. The van der Waals surface area contributed by atoms with Crippen molar-refractivity contribution in [3.05, 3.63) is 49.1 Å². The van der Waals surface area contributed by atoms with Gasteiger partial charge in [0, 0.05) is 17.1 Å². The number of aromatic nitrogens is 1. The summed E-state index contributed by atoms with van der Waals surface area (Å²) < 4.78 is 2.81. The molecule has 1 aliphatic heterocycles. The van der Waals surface area contributed by atoms with E-state index in [1.54, 1.807) is 28.8 Å². The third kappa shape index (κ3) is 2.52. The smallest absolute Gasteiger partial charge is 0.318 e. The van der Waals surface area contributed by atoms with Crippen molar-refractivity contribution in [1.82, 2.24) is 4.57 Å². The summed E-state index contributed by atoms with van der Waals surface area (Å²) in [6.45, 7) is 2.42. The molecule has 0 amide bonds. The van der Waals surface area contributed by atoms with Crippen LogP contribution in [0.25, 0.3) is 11.1 Å². The van der Waals surface area contributed by atoms with Gasteiger partial charge in [-0.3, -0.25) is 10.1 Å². The first-order chi connectivity index (χ1) is 10.9. The highest BCUT2D eigenvalue weighted by Gasteiger charge is 2.33. The molecule has 8 heteroatoms. The minimum atomic E-state index is -0.454. The van der Waals surface area contributed by atoms with Crippen LogP contribution in [0.2, 0.25) is 0 Å². The molecule has 0 saturated carbocycles. The van der Waals surface area contributed by atoms with Crippen molar-refractivity contribution in [2.75, 3.05) is 5.32 Å². The fraction of sp³-hybridized carbons (Fsp3) is 0.200. The highest BCUT2D eigenvalue weighted by molar-refractivity contribution is 9.10. The molecule has 6 nitrogen and oxygen atoms in total. The summed E-state index contributed by atoms with van der Waals surface area (Å²) in [4.78, 5) is 11.3. The van der Waals surface area contributed by atoms with Gasteiger partial charge in [0.1, 0.15) is 16.3 Å². The van der Waals surface area contributed by atoms with Crippen LogP contribution in [-0.2, 0) is 6.54 Å². The zero-order valence-corrected chi connectivity index (χ0v) is 14.4. The maximum atomic E-state index is 11.7. The molecule has 3 rings (SSSR count). The van der Waals surface area contributed by atoms with Crippen molar-refractivity contribution in [1.29, 1.82) is 5.26 Å². The van der Waals surface area contributed by atoms with E-state index in [-0.39, 0.29) is 22.9 Å². The first-order valence-electron chi connectivity index (χ1n) is 6.81. The van der Waals surface area contributed by atoms with Gasteiger partial charge in [-0.1, -0.05) is 40.3 Å². The Kier molecular flexibility index (Phi) is 3.92. The van der Waals surface area contributed by atoms with Crippen LogP contribution in [0.4, 0.5) is 11.5 Å². The normalized spacial score (nSPS) is 15.6. The van der Waals surface area contributed by atoms with E-state index in [2.05, 4.69) is 21.2 Å². The van der Waals surface area contributed by atoms with E-state index < -0.39 is 4.92 Å². The maximum Gasteiger partial charge on any atom is 0.318 e. The summed E-state index contributed by atoms with van der Waals surface area (Å²) >= 11 is 8.74. The second-order valence-electron chi connectivity index (χ2n) is 5.28. The quantitative estimate of drug-likeness (QED) is 0.470. The Morgan fingerprint density at radius 2 is 2.13 bits per heavy atom. The van der Waals surface area contributed by atoms with Crippen LogP contribution >= 0.6 is 28.1 Å². The van der Waals surface area contributed by atoms with Crippen LogP contribution in [-0.4, -0.2) is 15.5 Å². The van der Waals surface area contributed by atoms with E-state index in [0.29, 0.717) is 22.6 Å². The fourth-order valence-electron chi connectivity index (χ4n) is 2.76. The molecule has 1 unspecified atom stereocenters.